The molecule has 1 aliphatic heterocycles. The predicted octanol–water partition coefficient (Wildman–Crippen LogP) is 0.380. The fourth-order valence-electron chi connectivity index (χ4n) is 1.11. The lowest BCUT2D eigenvalue weighted by atomic mass is 10.1. The average molecular weight is 186 g/mol. The summed E-state index contributed by atoms with van der Waals surface area (Å²) >= 11 is 0. The van der Waals surface area contributed by atoms with Gasteiger partial charge in [-0.2, -0.15) is 5.26 Å². The van der Waals surface area contributed by atoms with E-state index in [1.807, 2.05) is 12.2 Å². The molecule has 1 heterocycles. The number of thiol groups is 1. The zero-order chi connectivity index (χ0) is 9.24. The molecule has 0 fully saturated rings. The van der Waals surface area contributed by atoms with Crippen LogP contribution in [-0.2, 0) is 10.1 Å². The van der Waals surface area contributed by atoms with Crippen molar-refractivity contribution in [3.63, 3.8) is 0 Å². The Labute approximate surface area is 74.0 Å². The maximum Gasteiger partial charge on any atom is 0.122 e. The number of allylic oxidation sites excluding steroid dienone is 1. The smallest absolute Gasteiger partial charge is 0.122 e. The van der Waals surface area contributed by atoms with Gasteiger partial charge in [-0.15, -0.1) is 0 Å². The van der Waals surface area contributed by atoms with E-state index in [0.29, 0.717) is 13.0 Å². The quantitative estimate of drug-likeness (QED) is 0.424. The van der Waals surface area contributed by atoms with Crippen LogP contribution in [0.4, 0.5) is 0 Å². The van der Waals surface area contributed by atoms with Crippen molar-refractivity contribution < 1.29 is 4.21 Å². The lowest BCUT2D eigenvalue weighted by Gasteiger charge is -2.32. The third-order valence-corrected chi connectivity index (χ3v) is 5.33. The van der Waals surface area contributed by atoms with Gasteiger partial charge in [-0.25, -0.2) is 0 Å². The normalized spacial score (nSPS) is 36.4. The fourth-order valence-corrected chi connectivity index (χ4v) is 2.56. The first-order chi connectivity index (χ1) is 5.52. The Morgan fingerprint density at radius 2 is 2.33 bits per heavy atom. The molecular weight excluding hydrogens is 172 g/mol. The molecular formula is C8H14N2OS. The highest BCUT2D eigenvalue weighted by atomic mass is 32.3. The van der Waals surface area contributed by atoms with Crippen LogP contribution in [0.5, 0.6) is 0 Å². The topological polar surface area (TPSA) is 52.9 Å². The van der Waals surface area contributed by atoms with Crippen LogP contribution in [0.2, 0.25) is 0 Å². The van der Waals surface area contributed by atoms with Gasteiger partial charge in [-0.05, 0) is 23.5 Å². The second-order valence-corrected chi connectivity index (χ2v) is 6.50. The predicted molar refractivity (Wildman–Crippen MR) is 51.2 cm³/mol. The van der Waals surface area contributed by atoms with Crippen molar-refractivity contribution in [2.24, 2.45) is 0 Å². The van der Waals surface area contributed by atoms with E-state index in [1.165, 1.54) is 0 Å². The lowest BCUT2D eigenvalue weighted by Crippen LogP contribution is -2.46. The molecule has 1 unspecified atom stereocenters. The van der Waals surface area contributed by atoms with E-state index >= 15 is 0 Å². The summed E-state index contributed by atoms with van der Waals surface area (Å²) in [6.45, 7) is 2.35. The summed E-state index contributed by atoms with van der Waals surface area (Å²) in [6, 6.07) is 2.13. The van der Waals surface area contributed by atoms with Gasteiger partial charge in [0.15, 0.2) is 0 Å². The summed E-state index contributed by atoms with van der Waals surface area (Å²) in [4.78, 5) is 0. The number of nitriles is 1. The molecule has 0 amide bonds. The number of nitrogens with one attached hydrogen (secondary N) is 1. The van der Waals surface area contributed by atoms with Crippen LogP contribution in [0, 0.1) is 11.3 Å². The standard InChI is InChI=1S/C8H14N2OS/c1-8(7-9)5-3-4-6-10-12(8,2)11/h3-4,12H,5-6H2,1-2H3,(H,10,11). The third kappa shape index (κ3) is 1.43. The van der Waals surface area contributed by atoms with Gasteiger partial charge < -0.3 is 0 Å². The van der Waals surface area contributed by atoms with Crippen molar-refractivity contribution in [1.82, 2.24) is 4.72 Å². The first kappa shape index (κ1) is 9.43. The van der Waals surface area contributed by atoms with Crippen LogP contribution in [0.15, 0.2) is 12.2 Å². The Bertz CT molecular complexity index is 292. The van der Waals surface area contributed by atoms with Crippen molar-refractivity contribution >= 4 is 10.1 Å². The molecule has 12 heavy (non-hydrogen) atoms. The van der Waals surface area contributed by atoms with E-state index < -0.39 is 14.9 Å². The molecule has 1 atom stereocenters. The molecule has 1 aliphatic rings. The van der Waals surface area contributed by atoms with Crippen molar-refractivity contribution in [1.29, 1.82) is 5.26 Å². The van der Waals surface area contributed by atoms with Crippen LogP contribution in [0.3, 0.4) is 0 Å². The highest BCUT2D eigenvalue weighted by Crippen LogP contribution is 2.25. The van der Waals surface area contributed by atoms with Gasteiger partial charge in [0, 0.05) is 12.8 Å². The number of rotatable bonds is 0. The third-order valence-electron chi connectivity index (χ3n) is 2.38. The van der Waals surface area contributed by atoms with E-state index in [2.05, 4.69) is 10.8 Å². The van der Waals surface area contributed by atoms with Crippen molar-refractivity contribution in [3.8, 4) is 6.07 Å². The van der Waals surface area contributed by atoms with E-state index in [4.69, 9.17) is 5.26 Å². The Hall–Kier alpha value is -0.660. The average Bonchev–Trinajstić information content (AvgIpc) is 2.13. The minimum atomic E-state index is -2.53. The zero-order valence-electron chi connectivity index (χ0n) is 7.37. The molecule has 0 saturated heterocycles. The molecule has 4 heteroatoms. The summed E-state index contributed by atoms with van der Waals surface area (Å²) in [5.74, 6) is 0. The second kappa shape index (κ2) is 3.00. The maximum absolute atomic E-state index is 12.0. The van der Waals surface area contributed by atoms with Gasteiger partial charge in [0.25, 0.3) is 0 Å². The molecule has 0 spiro atoms. The molecule has 0 saturated carbocycles. The second-order valence-electron chi connectivity index (χ2n) is 3.35. The molecule has 0 radical (unpaired) electrons. The van der Waals surface area contributed by atoms with Crippen LogP contribution in [0.25, 0.3) is 0 Å². The SMILES string of the molecule is CC1(C#N)CC=CCN[SH]1(C)=O. The highest BCUT2D eigenvalue weighted by molar-refractivity contribution is 8.02. The molecule has 0 aromatic carbocycles. The first-order valence-corrected chi connectivity index (χ1v) is 6.06. The fraction of sp³-hybridized carbons (Fsp3) is 0.625. The van der Waals surface area contributed by atoms with Crippen LogP contribution < -0.4 is 4.72 Å². The Balaban J connectivity index is 3.04. The van der Waals surface area contributed by atoms with Crippen molar-refractivity contribution in [2.45, 2.75) is 18.1 Å². The Morgan fingerprint density at radius 3 is 2.92 bits per heavy atom. The molecule has 1 rings (SSSR count). The summed E-state index contributed by atoms with van der Waals surface area (Å²) in [5.41, 5.74) is 0. The number of hydrogen-bond donors (Lipinski definition) is 2. The maximum atomic E-state index is 12.0. The Kier molecular flexibility index (Phi) is 2.36. The first-order valence-electron chi connectivity index (χ1n) is 3.91. The van der Waals surface area contributed by atoms with Crippen molar-refractivity contribution in [3.05, 3.63) is 12.2 Å². The van der Waals surface area contributed by atoms with Gasteiger partial charge in [-0.1, -0.05) is 12.2 Å². The minimum absolute atomic E-state index is 0.574. The number of hydrogen-bond acceptors (Lipinski definition) is 2. The molecule has 0 aromatic rings. The van der Waals surface area contributed by atoms with E-state index in [0.717, 1.165) is 0 Å². The van der Waals surface area contributed by atoms with E-state index in [1.54, 1.807) is 13.2 Å². The molecule has 0 aromatic heterocycles. The molecule has 3 nitrogen and oxygen atoms in total. The number of nitrogens with zero attached hydrogens (tertiary/aromatic N) is 1. The lowest BCUT2D eigenvalue weighted by molar-refractivity contribution is 0.636. The molecule has 68 valence electrons. The minimum Gasteiger partial charge on any atom is -0.270 e. The molecule has 1 N–H and O–H groups in total. The van der Waals surface area contributed by atoms with E-state index in [-0.39, 0.29) is 0 Å². The van der Waals surface area contributed by atoms with E-state index in [9.17, 15) is 4.21 Å². The highest BCUT2D eigenvalue weighted by Gasteiger charge is 2.35. The monoisotopic (exact) mass is 186 g/mol. The van der Waals surface area contributed by atoms with Gasteiger partial charge in [0.2, 0.25) is 0 Å². The van der Waals surface area contributed by atoms with Crippen LogP contribution >= 0.6 is 0 Å². The summed E-state index contributed by atoms with van der Waals surface area (Å²) in [5, 5.41) is 8.91. The van der Waals surface area contributed by atoms with Crippen LogP contribution in [0.1, 0.15) is 13.3 Å². The van der Waals surface area contributed by atoms with Gasteiger partial charge in [0.1, 0.15) is 4.75 Å². The van der Waals surface area contributed by atoms with Crippen molar-refractivity contribution in [2.75, 3.05) is 12.8 Å². The van der Waals surface area contributed by atoms with Crippen LogP contribution in [-0.4, -0.2) is 21.8 Å². The molecule has 0 bridgehead atoms. The zero-order valence-corrected chi connectivity index (χ0v) is 8.27. The van der Waals surface area contributed by atoms with Gasteiger partial charge in [0.05, 0.1) is 6.07 Å². The summed E-state index contributed by atoms with van der Waals surface area (Å²) < 4.78 is 14.1. The Morgan fingerprint density at radius 1 is 1.67 bits per heavy atom. The summed E-state index contributed by atoms with van der Waals surface area (Å²) in [7, 11) is -2.53. The van der Waals surface area contributed by atoms with Gasteiger partial charge in [-0.3, -0.25) is 8.93 Å². The molecule has 0 aliphatic carbocycles. The largest absolute Gasteiger partial charge is 0.270 e. The van der Waals surface area contributed by atoms with Gasteiger partial charge >= 0.3 is 0 Å². The summed E-state index contributed by atoms with van der Waals surface area (Å²) in [6.07, 6.45) is 6.05.